The van der Waals surface area contributed by atoms with Crippen LogP contribution >= 0.6 is 0 Å². The van der Waals surface area contributed by atoms with Crippen LogP contribution in [0, 0.1) is 11.3 Å². The first-order valence-corrected chi connectivity index (χ1v) is 5.99. The Hall–Kier alpha value is -2.38. The lowest BCUT2D eigenvalue weighted by Gasteiger charge is -2.18. The third-order valence-electron chi connectivity index (χ3n) is 2.98. The Morgan fingerprint density at radius 3 is 2.37 bits per heavy atom. The summed E-state index contributed by atoms with van der Waals surface area (Å²) in [7, 11) is 1.91. The molecule has 0 aliphatic carbocycles. The number of nitriles is 1. The molecule has 0 aliphatic rings. The first-order chi connectivity index (χ1) is 9.11. The van der Waals surface area contributed by atoms with Crippen LogP contribution in [0.3, 0.4) is 0 Å². The second-order valence-electron chi connectivity index (χ2n) is 4.34. The highest BCUT2D eigenvalue weighted by Gasteiger charge is 2.07. The van der Waals surface area contributed by atoms with Crippen LogP contribution in [0.4, 0.5) is 11.5 Å². The second kappa shape index (κ2) is 5.51. The summed E-state index contributed by atoms with van der Waals surface area (Å²) in [6.07, 6.45) is 1.15. The number of aliphatic hydroxyl groups is 1. The van der Waals surface area contributed by atoms with Gasteiger partial charge in [-0.2, -0.15) is 5.26 Å². The highest BCUT2D eigenvalue weighted by molar-refractivity contribution is 5.60. The van der Waals surface area contributed by atoms with Gasteiger partial charge in [-0.1, -0.05) is 6.07 Å². The van der Waals surface area contributed by atoms with E-state index in [1.807, 2.05) is 36.2 Å². The number of pyridine rings is 1. The van der Waals surface area contributed by atoms with Crippen molar-refractivity contribution in [3.63, 3.8) is 0 Å². The third-order valence-corrected chi connectivity index (χ3v) is 2.98. The molecule has 19 heavy (non-hydrogen) atoms. The lowest BCUT2D eigenvalue weighted by atomic mass is 10.2. The molecule has 4 nitrogen and oxygen atoms in total. The Labute approximate surface area is 112 Å². The average molecular weight is 253 g/mol. The molecule has 1 heterocycles. The zero-order valence-corrected chi connectivity index (χ0v) is 10.9. The van der Waals surface area contributed by atoms with Crippen LogP contribution in [0.15, 0.2) is 42.6 Å². The number of aliphatic hydroxyl groups excluding tert-OH is 1. The van der Waals surface area contributed by atoms with Gasteiger partial charge in [0, 0.05) is 18.9 Å². The van der Waals surface area contributed by atoms with Crippen LogP contribution < -0.4 is 4.90 Å². The number of benzene rings is 1. The van der Waals surface area contributed by atoms with Gasteiger partial charge < -0.3 is 10.0 Å². The van der Waals surface area contributed by atoms with Gasteiger partial charge in [-0.3, -0.25) is 0 Å². The van der Waals surface area contributed by atoms with Crippen molar-refractivity contribution in [3.8, 4) is 6.07 Å². The number of hydrogen-bond acceptors (Lipinski definition) is 4. The van der Waals surface area contributed by atoms with E-state index in [1.54, 1.807) is 25.3 Å². The number of aromatic nitrogens is 1. The van der Waals surface area contributed by atoms with Gasteiger partial charge in [-0.15, -0.1) is 0 Å². The first-order valence-electron chi connectivity index (χ1n) is 5.99. The summed E-state index contributed by atoms with van der Waals surface area (Å²) >= 11 is 0. The predicted molar refractivity (Wildman–Crippen MR) is 74.1 cm³/mol. The Morgan fingerprint density at radius 2 is 1.89 bits per heavy atom. The number of anilines is 2. The standard InChI is InChI=1S/C15H15N3O/c1-11(19)13-5-8-15(17-10-13)18(2)14-6-3-12(9-16)4-7-14/h3-8,10-11,19H,1-2H3. The molecule has 2 rings (SSSR count). The van der Waals surface area contributed by atoms with Gasteiger partial charge in [0.2, 0.25) is 0 Å². The first kappa shape index (κ1) is 13.1. The van der Waals surface area contributed by atoms with Crippen molar-refractivity contribution in [2.75, 3.05) is 11.9 Å². The van der Waals surface area contributed by atoms with Crippen LogP contribution in [0.2, 0.25) is 0 Å². The molecule has 0 saturated carbocycles. The molecule has 2 aromatic rings. The monoisotopic (exact) mass is 253 g/mol. The van der Waals surface area contributed by atoms with E-state index in [0.29, 0.717) is 5.56 Å². The molecule has 0 bridgehead atoms. The van der Waals surface area contributed by atoms with Gasteiger partial charge in [0.15, 0.2) is 0 Å². The molecule has 1 unspecified atom stereocenters. The molecule has 1 N–H and O–H groups in total. The van der Waals surface area contributed by atoms with Crippen molar-refractivity contribution in [2.45, 2.75) is 13.0 Å². The normalized spacial score (nSPS) is 11.7. The maximum atomic E-state index is 9.44. The van der Waals surface area contributed by atoms with Crippen LogP contribution in [0.5, 0.6) is 0 Å². The molecule has 0 aliphatic heterocycles. The largest absolute Gasteiger partial charge is 0.389 e. The van der Waals surface area contributed by atoms with Gasteiger partial charge in [0.1, 0.15) is 5.82 Å². The molecule has 0 saturated heterocycles. The molecule has 0 amide bonds. The maximum absolute atomic E-state index is 9.44. The van der Waals surface area contributed by atoms with E-state index in [4.69, 9.17) is 5.26 Å². The minimum atomic E-state index is -0.512. The summed E-state index contributed by atoms with van der Waals surface area (Å²) in [6.45, 7) is 1.71. The Balaban J connectivity index is 2.23. The zero-order valence-electron chi connectivity index (χ0n) is 10.9. The fraction of sp³-hybridized carbons (Fsp3) is 0.200. The summed E-state index contributed by atoms with van der Waals surface area (Å²) < 4.78 is 0. The minimum Gasteiger partial charge on any atom is -0.389 e. The van der Waals surface area contributed by atoms with Crippen molar-refractivity contribution < 1.29 is 5.11 Å². The van der Waals surface area contributed by atoms with E-state index >= 15 is 0 Å². The van der Waals surface area contributed by atoms with Crippen LogP contribution in [-0.2, 0) is 0 Å². The summed E-state index contributed by atoms with van der Waals surface area (Å²) in [4.78, 5) is 6.24. The van der Waals surface area contributed by atoms with E-state index < -0.39 is 6.10 Å². The fourth-order valence-electron chi connectivity index (χ4n) is 1.73. The third kappa shape index (κ3) is 2.90. The van der Waals surface area contributed by atoms with Crippen LogP contribution in [0.1, 0.15) is 24.2 Å². The molecule has 96 valence electrons. The molecule has 1 atom stereocenters. The SMILES string of the molecule is CC(O)c1ccc(N(C)c2ccc(C#N)cc2)nc1. The van der Waals surface area contributed by atoms with Crippen LogP contribution in [-0.4, -0.2) is 17.1 Å². The summed E-state index contributed by atoms with van der Waals surface area (Å²) in [6, 6.07) is 13.1. The maximum Gasteiger partial charge on any atom is 0.132 e. The average Bonchev–Trinajstić information content (AvgIpc) is 2.46. The number of nitrogens with zero attached hydrogens (tertiary/aromatic N) is 3. The predicted octanol–water partition coefficient (Wildman–Crippen LogP) is 2.77. The quantitative estimate of drug-likeness (QED) is 0.913. The van der Waals surface area contributed by atoms with Gasteiger partial charge in [-0.05, 0) is 42.8 Å². The van der Waals surface area contributed by atoms with Crippen molar-refractivity contribution in [1.29, 1.82) is 5.26 Å². The number of hydrogen-bond donors (Lipinski definition) is 1. The van der Waals surface area contributed by atoms with Crippen LogP contribution in [0.25, 0.3) is 0 Å². The topological polar surface area (TPSA) is 60.1 Å². The van der Waals surface area contributed by atoms with Gasteiger partial charge in [0.05, 0.1) is 17.7 Å². The molecular weight excluding hydrogens is 238 g/mol. The van der Waals surface area contributed by atoms with Gasteiger partial charge in [-0.25, -0.2) is 4.98 Å². The van der Waals surface area contributed by atoms with Gasteiger partial charge >= 0.3 is 0 Å². The van der Waals surface area contributed by atoms with E-state index in [9.17, 15) is 5.11 Å². The Bertz CT molecular complexity index is 582. The van der Waals surface area contributed by atoms with Crippen molar-refractivity contribution >= 4 is 11.5 Å². The summed E-state index contributed by atoms with van der Waals surface area (Å²) in [5, 5.41) is 18.2. The van der Waals surface area contributed by atoms with E-state index in [2.05, 4.69) is 11.1 Å². The molecule has 1 aromatic heterocycles. The van der Waals surface area contributed by atoms with E-state index in [0.717, 1.165) is 17.1 Å². The summed E-state index contributed by atoms with van der Waals surface area (Å²) in [5.74, 6) is 0.786. The molecule has 0 radical (unpaired) electrons. The van der Waals surface area contributed by atoms with Gasteiger partial charge in [0.25, 0.3) is 0 Å². The molecule has 1 aromatic carbocycles. The Morgan fingerprint density at radius 1 is 1.21 bits per heavy atom. The highest BCUT2D eigenvalue weighted by atomic mass is 16.3. The Kier molecular flexibility index (Phi) is 3.79. The summed E-state index contributed by atoms with van der Waals surface area (Å²) in [5.41, 5.74) is 2.38. The molecule has 4 heteroatoms. The second-order valence-corrected chi connectivity index (χ2v) is 4.34. The minimum absolute atomic E-state index is 0.512. The van der Waals surface area contributed by atoms with Crippen molar-refractivity contribution in [1.82, 2.24) is 4.98 Å². The smallest absolute Gasteiger partial charge is 0.132 e. The lowest BCUT2D eigenvalue weighted by molar-refractivity contribution is 0.199. The van der Waals surface area contributed by atoms with Crippen molar-refractivity contribution in [3.05, 3.63) is 53.7 Å². The van der Waals surface area contributed by atoms with E-state index in [1.165, 1.54) is 0 Å². The highest BCUT2D eigenvalue weighted by Crippen LogP contribution is 2.22. The molecule has 0 fully saturated rings. The molecule has 0 spiro atoms. The zero-order chi connectivity index (χ0) is 13.8. The van der Waals surface area contributed by atoms with E-state index in [-0.39, 0.29) is 0 Å². The van der Waals surface area contributed by atoms with Crippen molar-refractivity contribution in [2.24, 2.45) is 0 Å². The molecular formula is C15H15N3O. The lowest BCUT2D eigenvalue weighted by Crippen LogP contribution is -2.11. The fourth-order valence-corrected chi connectivity index (χ4v) is 1.73. The number of rotatable bonds is 3.